The zero-order chi connectivity index (χ0) is 13.2. The van der Waals surface area contributed by atoms with E-state index in [-0.39, 0.29) is 11.7 Å². The highest BCUT2D eigenvalue weighted by molar-refractivity contribution is 5.94. The molecule has 3 heteroatoms. The van der Waals surface area contributed by atoms with Crippen LogP contribution in [-0.2, 0) is 0 Å². The van der Waals surface area contributed by atoms with Gasteiger partial charge in [-0.3, -0.25) is 4.79 Å². The summed E-state index contributed by atoms with van der Waals surface area (Å²) in [5, 5.41) is 12.4. The van der Waals surface area contributed by atoms with Crippen LogP contribution in [0, 0.1) is 12.3 Å². The first kappa shape index (κ1) is 12.9. The third-order valence-corrected chi connectivity index (χ3v) is 3.82. The lowest BCUT2D eigenvalue weighted by Gasteiger charge is -2.15. The zero-order valence-corrected chi connectivity index (χ0v) is 11.1. The summed E-state index contributed by atoms with van der Waals surface area (Å²) < 4.78 is 0. The molecule has 18 heavy (non-hydrogen) atoms. The Morgan fingerprint density at radius 3 is 2.72 bits per heavy atom. The van der Waals surface area contributed by atoms with Crippen LogP contribution in [0.2, 0.25) is 0 Å². The Morgan fingerprint density at radius 2 is 2.17 bits per heavy atom. The van der Waals surface area contributed by atoms with Crippen molar-refractivity contribution in [2.75, 3.05) is 6.54 Å². The van der Waals surface area contributed by atoms with E-state index in [1.165, 1.54) is 25.7 Å². The van der Waals surface area contributed by atoms with Gasteiger partial charge in [-0.15, -0.1) is 0 Å². The molecule has 1 aliphatic carbocycles. The average molecular weight is 247 g/mol. The number of aromatic hydroxyl groups is 1. The molecule has 1 aromatic rings. The Kier molecular flexibility index (Phi) is 3.60. The molecule has 0 atom stereocenters. The number of rotatable bonds is 5. The van der Waals surface area contributed by atoms with Crippen molar-refractivity contribution >= 4 is 5.91 Å². The summed E-state index contributed by atoms with van der Waals surface area (Å²) >= 11 is 0. The van der Waals surface area contributed by atoms with E-state index in [4.69, 9.17) is 0 Å². The van der Waals surface area contributed by atoms with Crippen molar-refractivity contribution in [1.82, 2.24) is 5.32 Å². The van der Waals surface area contributed by atoms with E-state index in [1.54, 1.807) is 25.1 Å². The number of benzene rings is 1. The minimum Gasteiger partial charge on any atom is -0.508 e. The summed E-state index contributed by atoms with van der Waals surface area (Å²) in [5.74, 6) is 0.191. The SMILES string of the molecule is CCCC1(CNC(=O)c2ccc(O)c(C)c2)CC1. The molecule has 0 spiro atoms. The third kappa shape index (κ3) is 2.84. The molecular formula is C15H21NO2. The van der Waals surface area contributed by atoms with Crippen LogP contribution in [0.1, 0.15) is 48.5 Å². The van der Waals surface area contributed by atoms with E-state index >= 15 is 0 Å². The second-order valence-electron chi connectivity index (χ2n) is 5.43. The smallest absolute Gasteiger partial charge is 0.251 e. The first-order valence-electron chi connectivity index (χ1n) is 6.64. The number of carbonyl (C=O) groups excluding carboxylic acids is 1. The fraction of sp³-hybridized carbons (Fsp3) is 0.533. The third-order valence-electron chi connectivity index (χ3n) is 3.82. The fourth-order valence-corrected chi connectivity index (χ4v) is 2.39. The van der Waals surface area contributed by atoms with Crippen molar-refractivity contribution in [3.8, 4) is 5.75 Å². The predicted molar refractivity (Wildman–Crippen MR) is 71.8 cm³/mol. The van der Waals surface area contributed by atoms with Crippen LogP contribution < -0.4 is 5.32 Å². The molecule has 3 nitrogen and oxygen atoms in total. The molecule has 0 radical (unpaired) electrons. The minimum absolute atomic E-state index is 0.0412. The van der Waals surface area contributed by atoms with Crippen LogP contribution in [0.3, 0.4) is 0 Å². The largest absolute Gasteiger partial charge is 0.508 e. The molecular weight excluding hydrogens is 226 g/mol. The van der Waals surface area contributed by atoms with Crippen LogP contribution in [0.25, 0.3) is 0 Å². The van der Waals surface area contributed by atoms with Gasteiger partial charge >= 0.3 is 0 Å². The Morgan fingerprint density at radius 1 is 1.44 bits per heavy atom. The van der Waals surface area contributed by atoms with Gasteiger partial charge in [0.1, 0.15) is 5.75 Å². The zero-order valence-electron chi connectivity index (χ0n) is 11.1. The topological polar surface area (TPSA) is 49.3 Å². The highest BCUT2D eigenvalue weighted by atomic mass is 16.3. The molecule has 0 bridgehead atoms. The Labute approximate surface area is 108 Å². The summed E-state index contributed by atoms with van der Waals surface area (Å²) in [7, 11) is 0. The lowest BCUT2D eigenvalue weighted by Crippen LogP contribution is -2.30. The van der Waals surface area contributed by atoms with Gasteiger partial charge in [-0.2, -0.15) is 0 Å². The van der Waals surface area contributed by atoms with Crippen molar-refractivity contribution in [3.05, 3.63) is 29.3 Å². The first-order chi connectivity index (χ1) is 8.56. The molecule has 2 rings (SSSR count). The summed E-state index contributed by atoms with van der Waals surface area (Å²) in [4.78, 5) is 12.0. The van der Waals surface area contributed by atoms with Crippen molar-refractivity contribution < 1.29 is 9.90 Å². The minimum atomic E-state index is -0.0412. The monoisotopic (exact) mass is 247 g/mol. The number of nitrogens with one attached hydrogen (secondary N) is 1. The second-order valence-corrected chi connectivity index (χ2v) is 5.43. The van der Waals surface area contributed by atoms with Crippen molar-refractivity contribution in [2.45, 2.75) is 39.5 Å². The van der Waals surface area contributed by atoms with E-state index in [9.17, 15) is 9.90 Å². The number of phenolic OH excluding ortho intramolecular Hbond substituents is 1. The Hall–Kier alpha value is -1.51. The standard InChI is InChI=1S/C15H21NO2/c1-3-6-15(7-8-15)10-16-14(18)12-4-5-13(17)11(2)9-12/h4-5,9,17H,3,6-8,10H2,1-2H3,(H,16,18). The summed E-state index contributed by atoms with van der Waals surface area (Å²) in [6.45, 7) is 4.76. The number of hydrogen-bond acceptors (Lipinski definition) is 2. The van der Waals surface area contributed by atoms with Gasteiger partial charge in [0.15, 0.2) is 0 Å². The van der Waals surface area contributed by atoms with Crippen molar-refractivity contribution in [1.29, 1.82) is 0 Å². The fourth-order valence-electron chi connectivity index (χ4n) is 2.39. The van der Waals surface area contributed by atoms with E-state index in [0.29, 0.717) is 11.0 Å². The molecule has 1 amide bonds. The normalized spacial score (nSPS) is 16.3. The van der Waals surface area contributed by atoms with Crippen LogP contribution in [0.4, 0.5) is 0 Å². The van der Waals surface area contributed by atoms with Gasteiger partial charge in [0, 0.05) is 12.1 Å². The molecule has 0 heterocycles. The highest BCUT2D eigenvalue weighted by Gasteiger charge is 2.41. The lowest BCUT2D eigenvalue weighted by atomic mass is 10.0. The van der Waals surface area contributed by atoms with E-state index in [2.05, 4.69) is 12.2 Å². The number of hydrogen-bond donors (Lipinski definition) is 2. The summed E-state index contributed by atoms with van der Waals surface area (Å²) in [5.41, 5.74) is 1.73. The van der Waals surface area contributed by atoms with Crippen LogP contribution in [0.5, 0.6) is 5.75 Å². The molecule has 2 N–H and O–H groups in total. The number of phenols is 1. The van der Waals surface area contributed by atoms with E-state index < -0.39 is 0 Å². The van der Waals surface area contributed by atoms with Gasteiger partial charge in [0.25, 0.3) is 5.91 Å². The maximum absolute atomic E-state index is 12.0. The quantitative estimate of drug-likeness (QED) is 0.840. The predicted octanol–water partition coefficient (Wildman–Crippen LogP) is 3.01. The van der Waals surface area contributed by atoms with E-state index in [0.717, 1.165) is 12.1 Å². The molecule has 0 aliphatic heterocycles. The second kappa shape index (κ2) is 5.01. The molecule has 1 aliphatic rings. The lowest BCUT2D eigenvalue weighted by molar-refractivity contribution is 0.0943. The van der Waals surface area contributed by atoms with Gasteiger partial charge in [-0.25, -0.2) is 0 Å². The maximum atomic E-state index is 12.0. The number of carbonyl (C=O) groups is 1. The van der Waals surface area contributed by atoms with E-state index in [1.807, 2.05) is 0 Å². The number of aryl methyl sites for hydroxylation is 1. The van der Waals surface area contributed by atoms with Crippen molar-refractivity contribution in [2.24, 2.45) is 5.41 Å². The molecule has 1 saturated carbocycles. The highest BCUT2D eigenvalue weighted by Crippen LogP contribution is 2.48. The number of amides is 1. The Bertz CT molecular complexity index is 450. The van der Waals surface area contributed by atoms with Crippen molar-refractivity contribution in [3.63, 3.8) is 0 Å². The summed E-state index contributed by atoms with van der Waals surface area (Å²) in [6, 6.07) is 4.96. The van der Waals surface area contributed by atoms with Gasteiger partial charge < -0.3 is 10.4 Å². The molecule has 0 aromatic heterocycles. The molecule has 98 valence electrons. The van der Waals surface area contributed by atoms with Gasteiger partial charge in [-0.05, 0) is 55.4 Å². The van der Waals surface area contributed by atoms with Crippen LogP contribution in [0.15, 0.2) is 18.2 Å². The summed E-state index contributed by atoms with van der Waals surface area (Å²) in [6.07, 6.45) is 4.83. The van der Waals surface area contributed by atoms with Gasteiger partial charge in [-0.1, -0.05) is 13.3 Å². The molecule has 0 unspecified atom stereocenters. The van der Waals surface area contributed by atoms with Crippen LogP contribution >= 0.6 is 0 Å². The van der Waals surface area contributed by atoms with Gasteiger partial charge in [0.2, 0.25) is 0 Å². The molecule has 1 aromatic carbocycles. The maximum Gasteiger partial charge on any atom is 0.251 e. The van der Waals surface area contributed by atoms with Gasteiger partial charge in [0.05, 0.1) is 0 Å². The average Bonchev–Trinajstić information content (AvgIpc) is 3.11. The first-order valence-corrected chi connectivity index (χ1v) is 6.64. The van der Waals surface area contributed by atoms with Crippen LogP contribution in [-0.4, -0.2) is 17.6 Å². The molecule has 0 saturated heterocycles. The Balaban J connectivity index is 1.93. The molecule has 1 fully saturated rings.